The third-order valence-corrected chi connectivity index (χ3v) is 3.98. The quantitative estimate of drug-likeness (QED) is 0.879. The van der Waals surface area contributed by atoms with Crippen molar-refractivity contribution in [1.82, 2.24) is 4.90 Å². The lowest BCUT2D eigenvalue weighted by atomic mass is 9.96. The van der Waals surface area contributed by atoms with Gasteiger partial charge in [0.15, 0.2) is 0 Å². The smallest absolute Gasteiger partial charge is 0.248 e. The first-order valence-electron chi connectivity index (χ1n) is 7.07. The van der Waals surface area contributed by atoms with E-state index < -0.39 is 5.91 Å². The van der Waals surface area contributed by atoms with E-state index in [-0.39, 0.29) is 17.4 Å². The SMILES string of the molecule is CC(N)C1CCCCN1Cc1ccc(C(N)=O)cc1F. The van der Waals surface area contributed by atoms with E-state index >= 15 is 0 Å². The minimum absolute atomic E-state index is 0.0725. The highest BCUT2D eigenvalue weighted by Gasteiger charge is 2.26. The van der Waals surface area contributed by atoms with E-state index in [1.54, 1.807) is 12.1 Å². The number of likely N-dealkylation sites (tertiary alicyclic amines) is 1. The highest BCUT2D eigenvalue weighted by atomic mass is 19.1. The average molecular weight is 279 g/mol. The van der Waals surface area contributed by atoms with E-state index in [0.29, 0.717) is 18.2 Å². The van der Waals surface area contributed by atoms with E-state index in [4.69, 9.17) is 11.5 Å². The van der Waals surface area contributed by atoms with Gasteiger partial charge in [0.25, 0.3) is 0 Å². The van der Waals surface area contributed by atoms with Crippen LogP contribution in [0.2, 0.25) is 0 Å². The fourth-order valence-corrected chi connectivity index (χ4v) is 2.86. The van der Waals surface area contributed by atoms with Crippen LogP contribution in [0.1, 0.15) is 42.1 Å². The Morgan fingerprint density at radius 1 is 1.50 bits per heavy atom. The molecule has 1 fully saturated rings. The number of piperidine rings is 1. The van der Waals surface area contributed by atoms with Crippen LogP contribution in [0.15, 0.2) is 18.2 Å². The largest absolute Gasteiger partial charge is 0.366 e. The van der Waals surface area contributed by atoms with Crippen LogP contribution in [0.5, 0.6) is 0 Å². The molecule has 20 heavy (non-hydrogen) atoms. The molecule has 1 heterocycles. The standard InChI is InChI=1S/C15H22FN3O/c1-10(17)14-4-2-3-7-19(14)9-12-6-5-11(15(18)20)8-13(12)16/h5-6,8,10,14H,2-4,7,9,17H2,1H3,(H2,18,20). The monoisotopic (exact) mass is 279 g/mol. The van der Waals surface area contributed by atoms with Gasteiger partial charge in [0.05, 0.1) is 0 Å². The van der Waals surface area contributed by atoms with E-state index in [2.05, 4.69) is 4.90 Å². The summed E-state index contributed by atoms with van der Waals surface area (Å²) in [5.41, 5.74) is 12.0. The Bertz CT molecular complexity index is 490. The summed E-state index contributed by atoms with van der Waals surface area (Å²) in [7, 11) is 0. The molecule has 0 bridgehead atoms. The number of nitrogens with two attached hydrogens (primary N) is 2. The molecular formula is C15H22FN3O. The molecule has 4 nitrogen and oxygen atoms in total. The lowest BCUT2D eigenvalue weighted by molar-refractivity contribution is 0.0999. The summed E-state index contributed by atoms with van der Waals surface area (Å²) < 4.78 is 14.0. The number of amides is 1. The summed E-state index contributed by atoms with van der Waals surface area (Å²) in [4.78, 5) is 13.3. The second-order valence-corrected chi connectivity index (χ2v) is 5.56. The van der Waals surface area contributed by atoms with Gasteiger partial charge in [-0.15, -0.1) is 0 Å². The molecule has 2 atom stereocenters. The Morgan fingerprint density at radius 2 is 2.25 bits per heavy atom. The maximum Gasteiger partial charge on any atom is 0.248 e. The van der Waals surface area contributed by atoms with Gasteiger partial charge in [0, 0.05) is 29.8 Å². The molecule has 1 aliphatic heterocycles. The number of hydrogen-bond acceptors (Lipinski definition) is 3. The average Bonchev–Trinajstić information content (AvgIpc) is 2.41. The minimum atomic E-state index is -0.609. The van der Waals surface area contributed by atoms with E-state index in [9.17, 15) is 9.18 Å². The second kappa shape index (κ2) is 6.33. The van der Waals surface area contributed by atoms with Crippen molar-refractivity contribution in [3.8, 4) is 0 Å². The van der Waals surface area contributed by atoms with Crippen molar-refractivity contribution in [3.63, 3.8) is 0 Å². The van der Waals surface area contributed by atoms with Crippen molar-refractivity contribution >= 4 is 5.91 Å². The van der Waals surface area contributed by atoms with E-state index in [1.165, 1.54) is 12.5 Å². The first-order valence-corrected chi connectivity index (χ1v) is 7.07. The Labute approximate surface area is 118 Å². The van der Waals surface area contributed by atoms with Crippen LogP contribution in [-0.2, 0) is 6.54 Å². The maximum atomic E-state index is 14.0. The summed E-state index contributed by atoms with van der Waals surface area (Å²) >= 11 is 0. The molecule has 0 aromatic heterocycles. The van der Waals surface area contributed by atoms with Crippen molar-refractivity contribution in [2.75, 3.05) is 6.54 Å². The van der Waals surface area contributed by atoms with Crippen LogP contribution in [0.4, 0.5) is 4.39 Å². The van der Waals surface area contributed by atoms with E-state index in [1.807, 2.05) is 6.92 Å². The third-order valence-electron chi connectivity index (χ3n) is 3.98. The molecule has 0 radical (unpaired) electrons. The van der Waals surface area contributed by atoms with Gasteiger partial charge < -0.3 is 11.5 Å². The predicted molar refractivity (Wildman–Crippen MR) is 76.6 cm³/mol. The Morgan fingerprint density at radius 3 is 2.85 bits per heavy atom. The Hall–Kier alpha value is -1.46. The lowest BCUT2D eigenvalue weighted by Gasteiger charge is -2.38. The molecule has 0 saturated carbocycles. The number of halogens is 1. The Balaban J connectivity index is 2.14. The highest BCUT2D eigenvalue weighted by Crippen LogP contribution is 2.22. The first-order chi connectivity index (χ1) is 9.49. The maximum absolute atomic E-state index is 14.0. The molecule has 110 valence electrons. The molecule has 1 saturated heterocycles. The van der Waals surface area contributed by atoms with Crippen LogP contribution < -0.4 is 11.5 Å². The molecular weight excluding hydrogens is 257 g/mol. The predicted octanol–water partition coefficient (Wildman–Crippen LogP) is 1.63. The number of nitrogens with zero attached hydrogens (tertiary/aromatic N) is 1. The van der Waals surface area contributed by atoms with Crippen LogP contribution in [0.3, 0.4) is 0 Å². The third kappa shape index (κ3) is 3.35. The molecule has 4 N–H and O–H groups in total. The normalized spacial score (nSPS) is 21.6. The van der Waals surface area contributed by atoms with Gasteiger partial charge in [-0.2, -0.15) is 0 Å². The molecule has 1 amide bonds. The van der Waals surface area contributed by atoms with Crippen molar-refractivity contribution in [2.45, 2.75) is 44.8 Å². The topological polar surface area (TPSA) is 72.3 Å². The minimum Gasteiger partial charge on any atom is -0.366 e. The molecule has 2 rings (SSSR count). The van der Waals surface area contributed by atoms with Crippen LogP contribution in [0.25, 0.3) is 0 Å². The van der Waals surface area contributed by atoms with Gasteiger partial charge in [-0.3, -0.25) is 9.69 Å². The van der Waals surface area contributed by atoms with Crippen molar-refractivity contribution in [1.29, 1.82) is 0 Å². The van der Waals surface area contributed by atoms with Gasteiger partial charge in [0.1, 0.15) is 5.82 Å². The van der Waals surface area contributed by atoms with Gasteiger partial charge in [0.2, 0.25) is 5.91 Å². The summed E-state index contributed by atoms with van der Waals surface area (Å²) in [6.45, 7) is 3.45. The van der Waals surface area contributed by atoms with Crippen molar-refractivity contribution < 1.29 is 9.18 Å². The molecule has 1 aliphatic rings. The number of carbonyl (C=O) groups is 1. The molecule has 1 aromatic rings. The van der Waals surface area contributed by atoms with Crippen molar-refractivity contribution in [3.05, 3.63) is 35.1 Å². The second-order valence-electron chi connectivity index (χ2n) is 5.56. The number of benzene rings is 1. The summed E-state index contributed by atoms with van der Waals surface area (Å²) in [5.74, 6) is -0.989. The zero-order valence-corrected chi connectivity index (χ0v) is 11.8. The number of rotatable bonds is 4. The molecule has 1 aromatic carbocycles. The fourth-order valence-electron chi connectivity index (χ4n) is 2.86. The van der Waals surface area contributed by atoms with Gasteiger partial charge in [-0.25, -0.2) is 4.39 Å². The van der Waals surface area contributed by atoms with Gasteiger partial charge in [-0.1, -0.05) is 12.5 Å². The molecule has 5 heteroatoms. The number of hydrogen-bond donors (Lipinski definition) is 2. The van der Waals surface area contributed by atoms with Crippen molar-refractivity contribution in [2.24, 2.45) is 11.5 Å². The Kier molecular flexibility index (Phi) is 4.73. The van der Waals surface area contributed by atoms with Crippen LogP contribution >= 0.6 is 0 Å². The highest BCUT2D eigenvalue weighted by molar-refractivity contribution is 5.92. The lowest BCUT2D eigenvalue weighted by Crippen LogP contribution is -2.48. The van der Waals surface area contributed by atoms with Crippen LogP contribution in [-0.4, -0.2) is 29.4 Å². The zero-order chi connectivity index (χ0) is 14.7. The van der Waals surface area contributed by atoms with Crippen LogP contribution in [0, 0.1) is 5.82 Å². The first kappa shape index (κ1) is 14.9. The molecule has 0 aliphatic carbocycles. The summed E-state index contributed by atoms with van der Waals surface area (Å²) in [6.07, 6.45) is 3.34. The fraction of sp³-hybridized carbons (Fsp3) is 0.533. The molecule has 2 unspecified atom stereocenters. The van der Waals surface area contributed by atoms with Gasteiger partial charge in [-0.05, 0) is 38.4 Å². The van der Waals surface area contributed by atoms with Gasteiger partial charge >= 0.3 is 0 Å². The summed E-state index contributed by atoms with van der Waals surface area (Å²) in [6, 6.07) is 4.79. The number of carbonyl (C=O) groups excluding carboxylic acids is 1. The molecule has 0 spiro atoms. The van der Waals surface area contributed by atoms with E-state index in [0.717, 1.165) is 19.4 Å². The zero-order valence-electron chi connectivity index (χ0n) is 11.8. The summed E-state index contributed by atoms with van der Waals surface area (Å²) in [5, 5.41) is 0. The number of primary amides is 1.